The van der Waals surface area contributed by atoms with Crippen LogP contribution < -0.4 is 0 Å². The van der Waals surface area contributed by atoms with Crippen LogP contribution in [0.25, 0.3) is 11.5 Å². The van der Waals surface area contributed by atoms with Gasteiger partial charge in [0.2, 0.25) is 0 Å². The molecule has 0 saturated heterocycles. The molecule has 0 amide bonds. The maximum Gasteiger partial charge on any atom is 0.433 e. The second-order valence-electron chi connectivity index (χ2n) is 4.85. The van der Waals surface area contributed by atoms with Crippen LogP contribution in [-0.4, -0.2) is 34.8 Å². The lowest BCUT2D eigenvalue weighted by Crippen LogP contribution is -2.10. The third-order valence-corrected chi connectivity index (χ3v) is 4.11. The minimum atomic E-state index is -4.63. The number of hydrogen-bond donors (Lipinski definition) is 1. The van der Waals surface area contributed by atoms with Gasteiger partial charge in [-0.15, -0.1) is 10.2 Å². The van der Waals surface area contributed by atoms with Crippen molar-refractivity contribution in [3.63, 3.8) is 0 Å². The Morgan fingerprint density at radius 2 is 2.00 bits per heavy atom. The Morgan fingerprint density at radius 1 is 1.20 bits per heavy atom. The summed E-state index contributed by atoms with van der Waals surface area (Å²) >= 11 is 0.889. The molecule has 3 aromatic rings. The Labute approximate surface area is 144 Å². The summed E-state index contributed by atoms with van der Waals surface area (Å²) in [5.74, 6) is 0.153. The van der Waals surface area contributed by atoms with E-state index in [-0.39, 0.29) is 29.0 Å². The first-order chi connectivity index (χ1) is 11.9. The number of hydrogen-bond acceptors (Lipinski definition) is 7. The summed E-state index contributed by atoms with van der Waals surface area (Å²) in [6.45, 7) is -0.333. The molecule has 0 spiro atoms. The largest absolute Gasteiger partial charge is 0.433 e. The van der Waals surface area contributed by atoms with Crippen molar-refractivity contribution in [2.45, 2.75) is 23.0 Å². The minimum absolute atomic E-state index is 0.0444. The fourth-order valence-electron chi connectivity index (χ4n) is 1.90. The SMILES string of the molecule is Cn1c(CO)nnc1Sc1cc(C(F)(F)F)nc(-c2ccccn2)n1. The maximum absolute atomic E-state index is 13.2. The zero-order valence-electron chi connectivity index (χ0n) is 12.8. The van der Waals surface area contributed by atoms with Gasteiger partial charge < -0.3 is 9.67 Å². The summed E-state index contributed by atoms with van der Waals surface area (Å²) in [7, 11) is 1.60. The Hall–Kier alpha value is -2.53. The smallest absolute Gasteiger partial charge is 0.388 e. The summed E-state index contributed by atoms with van der Waals surface area (Å²) in [4.78, 5) is 11.7. The first kappa shape index (κ1) is 17.3. The third kappa shape index (κ3) is 3.77. The molecule has 0 bridgehead atoms. The molecule has 3 rings (SSSR count). The highest BCUT2D eigenvalue weighted by atomic mass is 32.2. The van der Waals surface area contributed by atoms with Crippen molar-refractivity contribution < 1.29 is 18.3 Å². The highest BCUT2D eigenvalue weighted by Crippen LogP contribution is 2.33. The van der Waals surface area contributed by atoms with Crippen molar-refractivity contribution in [3.05, 3.63) is 42.0 Å². The van der Waals surface area contributed by atoms with Gasteiger partial charge in [0, 0.05) is 19.3 Å². The molecule has 3 aromatic heterocycles. The molecule has 0 aliphatic rings. The van der Waals surface area contributed by atoms with Gasteiger partial charge in [0.1, 0.15) is 23.0 Å². The van der Waals surface area contributed by atoms with Gasteiger partial charge in [0.25, 0.3) is 0 Å². The van der Waals surface area contributed by atoms with Gasteiger partial charge in [-0.3, -0.25) is 4.98 Å². The number of rotatable bonds is 4. The van der Waals surface area contributed by atoms with Crippen molar-refractivity contribution in [1.29, 1.82) is 0 Å². The predicted molar refractivity (Wildman–Crippen MR) is 81.3 cm³/mol. The van der Waals surface area contributed by atoms with Crippen LogP contribution in [0.2, 0.25) is 0 Å². The van der Waals surface area contributed by atoms with Crippen molar-refractivity contribution in [2.24, 2.45) is 7.05 Å². The number of aromatic nitrogens is 6. The zero-order valence-corrected chi connectivity index (χ0v) is 13.6. The van der Waals surface area contributed by atoms with E-state index in [0.29, 0.717) is 5.16 Å². The molecule has 0 fully saturated rings. The van der Waals surface area contributed by atoms with E-state index in [4.69, 9.17) is 5.11 Å². The summed E-state index contributed by atoms with van der Waals surface area (Å²) in [6, 6.07) is 5.64. The third-order valence-electron chi connectivity index (χ3n) is 3.15. The number of nitrogens with zero attached hydrogens (tertiary/aromatic N) is 6. The van der Waals surface area contributed by atoms with Crippen LogP contribution in [0.3, 0.4) is 0 Å². The molecule has 3 heterocycles. The van der Waals surface area contributed by atoms with E-state index in [2.05, 4.69) is 25.1 Å². The van der Waals surface area contributed by atoms with Gasteiger partial charge in [-0.25, -0.2) is 9.97 Å². The molecular weight excluding hydrogens is 357 g/mol. The van der Waals surface area contributed by atoms with E-state index >= 15 is 0 Å². The standard InChI is InChI=1S/C14H11F3N6OS/c1-23-10(7-24)21-22-13(23)25-11-6-9(14(15,16)17)19-12(20-11)8-4-2-3-5-18-8/h2-6,24H,7H2,1H3. The second-order valence-corrected chi connectivity index (χ2v) is 5.83. The highest BCUT2D eigenvalue weighted by molar-refractivity contribution is 7.99. The summed E-state index contributed by atoms with van der Waals surface area (Å²) in [5.41, 5.74) is -0.848. The number of pyridine rings is 1. The lowest BCUT2D eigenvalue weighted by molar-refractivity contribution is -0.141. The molecule has 11 heteroatoms. The van der Waals surface area contributed by atoms with E-state index < -0.39 is 11.9 Å². The molecule has 0 aliphatic carbocycles. The Bertz CT molecular complexity index is 884. The highest BCUT2D eigenvalue weighted by Gasteiger charge is 2.34. The van der Waals surface area contributed by atoms with Crippen LogP contribution in [0.5, 0.6) is 0 Å². The number of halogens is 3. The lowest BCUT2D eigenvalue weighted by atomic mass is 10.3. The molecule has 0 atom stereocenters. The Morgan fingerprint density at radius 3 is 2.60 bits per heavy atom. The van der Waals surface area contributed by atoms with E-state index in [1.165, 1.54) is 16.8 Å². The van der Waals surface area contributed by atoms with Crippen LogP contribution >= 0.6 is 11.8 Å². The fraction of sp³-hybridized carbons (Fsp3) is 0.214. The van der Waals surface area contributed by atoms with Crippen LogP contribution in [0.15, 0.2) is 40.6 Å². The predicted octanol–water partition coefficient (Wildman–Crippen LogP) is 2.33. The average molecular weight is 368 g/mol. The van der Waals surface area contributed by atoms with Gasteiger partial charge in [0.15, 0.2) is 16.8 Å². The second kappa shape index (κ2) is 6.76. The van der Waals surface area contributed by atoms with Crippen molar-refractivity contribution >= 4 is 11.8 Å². The first-order valence-electron chi connectivity index (χ1n) is 6.93. The van der Waals surface area contributed by atoms with Gasteiger partial charge >= 0.3 is 6.18 Å². The molecule has 25 heavy (non-hydrogen) atoms. The molecular formula is C14H11F3N6OS. The normalized spacial score (nSPS) is 11.7. The van der Waals surface area contributed by atoms with Crippen LogP contribution in [0, 0.1) is 0 Å². The molecule has 0 saturated carbocycles. The molecule has 0 aliphatic heterocycles. The molecule has 130 valence electrons. The molecule has 1 N–H and O–H groups in total. The van der Waals surface area contributed by atoms with Gasteiger partial charge in [0.05, 0.1) is 0 Å². The van der Waals surface area contributed by atoms with E-state index in [0.717, 1.165) is 17.8 Å². The van der Waals surface area contributed by atoms with Crippen molar-refractivity contribution in [3.8, 4) is 11.5 Å². The molecule has 0 aromatic carbocycles. The molecule has 0 unspecified atom stereocenters. The topological polar surface area (TPSA) is 89.6 Å². The lowest BCUT2D eigenvalue weighted by Gasteiger charge is -2.10. The van der Waals surface area contributed by atoms with Crippen molar-refractivity contribution in [2.75, 3.05) is 0 Å². The molecule has 0 radical (unpaired) electrons. The monoisotopic (exact) mass is 368 g/mol. The average Bonchev–Trinajstić information content (AvgIpc) is 2.94. The van der Waals surface area contributed by atoms with Gasteiger partial charge in [-0.05, 0) is 23.9 Å². The zero-order chi connectivity index (χ0) is 18.0. The summed E-state index contributed by atoms with van der Waals surface area (Å²) < 4.78 is 40.9. The number of aliphatic hydroxyl groups excluding tert-OH is 1. The summed E-state index contributed by atoms with van der Waals surface area (Å²) in [6.07, 6.45) is -3.18. The number of aliphatic hydroxyl groups is 1. The molecule has 7 nitrogen and oxygen atoms in total. The minimum Gasteiger partial charge on any atom is -0.388 e. The quantitative estimate of drug-likeness (QED) is 0.707. The van der Waals surface area contributed by atoms with Gasteiger partial charge in [-0.1, -0.05) is 6.07 Å². The Kier molecular flexibility index (Phi) is 4.68. The van der Waals surface area contributed by atoms with Crippen LogP contribution in [0.1, 0.15) is 11.5 Å². The van der Waals surface area contributed by atoms with Crippen LogP contribution in [0.4, 0.5) is 13.2 Å². The Balaban J connectivity index is 2.05. The van der Waals surface area contributed by atoms with E-state index in [1.54, 1.807) is 19.2 Å². The van der Waals surface area contributed by atoms with E-state index in [1.807, 2.05) is 0 Å². The van der Waals surface area contributed by atoms with E-state index in [9.17, 15) is 13.2 Å². The van der Waals surface area contributed by atoms with Crippen molar-refractivity contribution in [1.82, 2.24) is 29.7 Å². The van der Waals surface area contributed by atoms with Gasteiger partial charge in [-0.2, -0.15) is 13.2 Å². The first-order valence-corrected chi connectivity index (χ1v) is 7.75. The maximum atomic E-state index is 13.2. The number of alkyl halides is 3. The summed E-state index contributed by atoms with van der Waals surface area (Å²) in [5, 5.41) is 17.0. The van der Waals surface area contributed by atoms with Crippen LogP contribution in [-0.2, 0) is 19.8 Å². The fourth-order valence-corrected chi connectivity index (χ4v) is 2.71.